The van der Waals surface area contributed by atoms with E-state index < -0.39 is 17.3 Å². The van der Waals surface area contributed by atoms with E-state index >= 15 is 0 Å². The van der Waals surface area contributed by atoms with Gasteiger partial charge in [0.25, 0.3) is 0 Å². The van der Waals surface area contributed by atoms with Crippen LogP contribution < -0.4 is 11.4 Å². The highest BCUT2D eigenvalue weighted by Crippen LogP contribution is 2.32. The van der Waals surface area contributed by atoms with Gasteiger partial charge in [-0.25, -0.2) is 18.7 Å². The molecule has 1 aromatic carbocycles. The summed E-state index contributed by atoms with van der Waals surface area (Å²) in [6.45, 7) is 3.90. The summed E-state index contributed by atoms with van der Waals surface area (Å²) in [6, 6.07) is 2.34. The van der Waals surface area contributed by atoms with Gasteiger partial charge in [0.05, 0.1) is 4.90 Å². The number of benzene rings is 1. The average Bonchev–Trinajstić information content (AvgIpc) is 2.75. The first-order chi connectivity index (χ1) is 9.93. The Bertz CT molecular complexity index is 673. The molecule has 1 aromatic heterocycles. The first-order valence-corrected chi connectivity index (χ1v) is 7.28. The molecule has 0 saturated carbocycles. The molecule has 0 radical (unpaired) electrons. The van der Waals surface area contributed by atoms with Crippen molar-refractivity contribution in [1.29, 1.82) is 0 Å². The molecule has 0 atom stereocenters. The smallest absolute Gasteiger partial charge is 0.330 e. The predicted octanol–water partition coefficient (Wildman–Crippen LogP) is 2.08. The van der Waals surface area contributed by atoms with Gasteiger partial charge in [-0.1, -0.05) is 0 Å². The van der Waals surface area contributed by atoms with Crippen LogP contribution in [0.4, 0.5) is 8.78 Å². The third-order valence-corrected chi connectivity index (χ3v) is 3.94. The number of hydrogen-bond acceptors (Lipinski definition) is 4. The van der Waals surface area contributed by atoms with Crippen LogP contribution in [0.15, 0.2) is 27.0 Å². The maximum atomic E-state index is 14.0. The Balaban J connectivity index is 2.39. The molecule has 8 heteroatoms. The Hall–Kier alpha value is -1.67. The van der Waals surface area contributed by atoms with Crippen LogP contribution in [0, 0.1) is 11.6 Å². The van der Waals surface area contributed by atoms with Crippen molar-refractivity contribution in [2.75, 3.05) is 6.54 Å². The first kappa shape index (κ1) is 15.7. The third kappa shape index (κ3) is 3.33. The summed E-state index contributed by atoms with van der Waals surface area (Å²) in [6.07, 6.45) is 0.401. The summed E-state index contributed by atoms with van der Waals surface area (Å²) in [5.74, 6) is -1.37. The van der Waals surface area contributed by atoms with Crippen LogP contribution >= 0.6 is 11.8 Å². The molecular formula is C13H16F2N4OS. The number of nitrogens with one attached hydrogen (secondary N) is 1. The Morgan fingerprint density at radius 1 is 1.38 bits per heavy atom. The monoisotopic (exact) mass is 314 g/mol. The highest BCUT2D eigenvalue weighted by atomic mass is 32.2. The molecule has 0 unspecified atom stereocenters. The number of hydrogen-bond donors (Lipinski definition) is 2. The van der Waals surface area contributed by atoms with Gasteiger partial charge >= 0.3 is 5.69 Å². The van der Waals surface area contributed by atoms with Crippen LogP contribution in [0.1, 0.15) is 25.5 Å². The summed E-state index contributed by atoms with van der Waals surface area (Å²) in [7, 11) is 0. The molecule has 0 bridgehead atoms. The molecule has 114 valence electrons. The SMILES string of the molecule is CC(C)n1c(Sc2c(F)cc(CCN)cc2F)n[nH]c1=O. The van der Waals surface area contributed by atoms with E-state index in [9.17, 15) is 13.6 Å². The standard InChI is InChI=1S/C13H16F2N4OS/c1-7(2)19-12(20)17-18-13(19)21-11-9(14)5-8(3-4-16)6-10(11)15/h5-7H,3-4,16H2,1-2H3,(H,17,20). The van der Waals surface area contributed by atoms with Crippen molar-refractivity contribution >= 4 is 11.8 Å². The number of nitrogens with zero attached hydrogens (tertiary/aromatic N) is 2. The van der Waals surface area contributed by atoms with Gasteiger partial charge in [0.2, 0.25) is 0 Å². The molecule has 1 heterocycles. The lowest BCUT2D eigenvalue weighted by atomic mass is 10.1. The maximum Gasteiger partial charge on any atom is 0.344 e. The molecule has 0 aliphatic carbocycles. The number of aromatic amines is 1. The normalized spacial score (nSPS) is 11.3. The fourth-order valence-electron chi connectivity index (χ4n) is 1.93. The Labute approximate surface area is 124 Å². The van der Waals surface area contributed by atoms with Crippen molar-refractivity contribution < 1.29 is 8.78 Å². The van der Waals surface area contributed by atoms with E-state index in [0.717, 1.165) is 11.8 Å². The topological polar surface area (TPSA) is 76.7 Å². The largest absolute Gasteiger partial charge is 0.344 e. The van der Waals surface area contributed by atoms with Gasteiger partial charge in [0, 0.05) is 6.04 Å². The third-order valence-electron chi connectivity index (χ3n) is 2.87. The van der Waals surface area contributed by atoms with Gasteiger partial charge in [0.15, 0.2) is 5.16 Å². The van der Waals surface area contributed by atoms with Gasteiger partial charge < -0.3 is 5.73 Å². The number of halogens is 2. The van der Waals surface area contributed by atoms with Crippen LogP contribution in [0.2, 0.25) is 0 Å². The minimum absolute atomic E-state index is 0.165. The molecule has 5 nitrogen and oxygen atoms in total. The molecule has 0 spiro atoms. The fraction of sp³-hybridized carbons (Fsp3) is 0.385. The zero-order valence-corrected chi connectivity index (χ0v) is 12.5. The molecule has 0 aliphatic rings. The highest BCUT2D eigenvalue weighted by molar-refractivity contribution is 7.99. The zero-order valence-electron chi connectivity index (χ0n) is 11.7. The molecule has 0 aliphatic heterocycles. The van der Waals surface area contributed by atoms with Crippen LogP contribution in [-0.4, -0.2) is 21.3 Å². The van der Waals surface area contributed by atoms with E-state index in [4.69, 9.17) is 5.73 Å². The molecule has 0 saturated heterocycles. The lowest BCUT2D eigenvalue weighted by Gasteiger charge is -2.10. The van der Waals surface area contributed by atoms with Crippen LogP contribution in [0.5, 0.6) is 0 Å². The summed E-state index contributed by atoms with van der Waals surface area (Å²) in [4.78, 5) is 11.4. The van der Waals surface area contributed by atoms with Gasteiger partial charge in [-0.2, -0.15) is 0 Å². The molecule has 3 N–H and O–H groups in total. The van der Waals surface area contributed by atoms with Crippen molar-refractivity contribution in [3.05, 3.63) is 39.8 Å². The van der Waals surface area contributed by atoms with Crippen LogP contribution in [0.3, 0.4) is 0 Å². The van der Waals surface area contributed by atoms with Crippen molar-refractivity contribution in [3.8, 4) is 0 Å². The van der Waals surface area contributed by atoms with E-state index in [-0.39, 0.29) is 16.1 Å². The summed E-state index contributed by atoms with van der Waals surface area (Å²) < 4.78 is 29.4. The minimum atomic E-state index is -0.686. The van der Waals surface area contributed by atoms with E-state index in [2.05, 4.69) is 10.2 Å². The average molecular weight is 314 g/mol. The van der Waals surface area contributed by atoms with E-state index in [1.54, 1.807) is 13.8 Å². The number of rotatable bonds is 5. The van der Waals surface area contributed by atoms with Crippen molar-refractivity contribution in [1.82, 2.24) is 14.8 Å². The van der Waals surface area contributed by atoms with E-state index in [1.807, 2.05) is 0 Å². The lowest BCUT2D eigenvalue weighted by Crippen LogP contribution is -2.19. The molecule has 2 aromatic rings. The van der Waals surface area contributed by atoms with Crippen molar-refractivity contribution in [2.24, 2.45) is 5.73 Å². The number of H-pyrrole nitrogens is 1. The van der Waals surface area contributed by atoms with Crippen LogP contribution in [0.25, 0.3) is 0 Å². The number of aromatic nitrogens is 3. The predicted molar refractivity (Wildman–Crippen MR) is 76.5 cm³/mol. The molecule has 0 amide bonds. The second kappa shape index (κ2) is 6.40. The molecule has 0 fully saturated rings. The summed E-state index contributed by atoms with van der Waals surface area (Å²) >= 11 is 0.783. The van der Waals surface area contributed by atoms with Crippen LogP contribution in [-0.2, 0) is 6.42 Å². The maximum absolute atomic E-state index is 14.0. The molecule has 2 rings (SSSR count). The summed E-state index contributed by atoms with van der Waals surface area (Å²) in [5, 5.41) is 6.31. The lowest BCUT2D eigenvalue weighted by molar-refractivity contribution is 0.524. The Kier molecular flexibility index (Phi) is 4.79. The second-order valence-corrected chi connectivity index (χ2v) is 5.78. The highest BCUT2D eigenvalue weighted by Gasteiger charge is 2.18. The van der Waals surface area contributed by atoms with E-state index in [1.165, 1.54) is 16.7 Å². The molecular weight excluding hydrogens is 298 g/mol. The summed E-state index contributed by atoms with van der Waals surface area (Å²) in [5.41, 5.74) is 5.47. The van der Waals surface area contributed by atoms with Crippen molar-refractivity contribution in [3.63, 3.8) is 0 Å². The fourth-order valence-corrected chi connectivity index (χ4v) is 2.91. The van der Waals surface area contributed by atoms with Gasteiger partial charge in [-0.15, -0.1) is 5.10 Å². The quantitative estimate of drug-likeness (QED) is 0.886. The van der Waals surface area contributed by atoms with Gasteiger partial charge in [0.1, 0.15) is 11.6 Å². The van der Waals surface area contributed by atoms with E-state index in [0.29, 0.717) is 18.5 Å². The zero-order chi connectivity index (χ0) is 15.6. The Morgan fingerprint density at radius 3 is 2.52 bits per heavy atom. The first-order valence-electron chi connectivity index (χ1n) is 6.46. The van der Waals surface area contributed by atoms with Gasteiger partial charge in [-0.3, -0.25) is 4.57 Å². The second-order valence-electron chi connectivity index (χ2n) is 4.80. The van der Waals surface area contributed by atoms with Crippen molar-refractivity contribution in [2.45, 2.75) is 36.4 Å². The number of nitrogens with two attached hydrogens (primary N) is 1. The minimum Gasteiger partial charge on any atom is -0.330 e. The Morgan fingerprint density at radius 2 is 2.00 bits per heavy atom. The molecule has 21 heavy (non-hydrogen) atoms. The van der Waals surface area contributed by atoms with Gasteiger partial charge in [-0.05, 0) is 56.3 Å².